The van der Waals surface area contributed by atoms with Gasteiger partial charge in [0.05, 0.1) is 22.2 Å². The third-order valence-electron chi connectivity index (χ3n) is 5.39. The fourth-order valence-corrected chi connectivity index (χ4v) is 5.52. The first-order chi connectivity index (χ1) is 14.8. The molecule has 0 saturated heterocycles. The Balaban J connectivity index is 1.82. The van der Waals surface area contributed by atoms with Gasteiger partial charge in [-0.2, -0.15) is 4.99 Å². The van der Waals surface area contributed by atoms with Crippen LogP contribution in [0.15, 0.2) is 46.3 Å². The van der Waals surface area contributed by atoms with Crippen LogP contribution >= 0.6 is 11.3 Å². The molecule has 0 radical (unpaired) electrons. The Hall–Kier alpha value is -2.78. The van der Waals surface area contributed by atoms with Crippen LogP contribution in [0.25, 0.3) is 10.2 Å². The van der Waals surface area contributed by atoms with Crippen molar-refractivity contribution in [1.82, 2.24) is 4.57 Å². The molecule has 7 nitrogen and oxygen atoms in total. The van der Waals surface area contributed by atoms with Crippen LogP contribution in [0.2, 0.25) is 0 Å². The van der Waals surface area contributed by atoms with Crippen LogP contribution in [0, 0.1) is 0 Å². The van der Waals surface area contributed by atoms with Gasteiger partial charge in [0.1, 0.15) is 6.54 Å². The van der Waals surface area contributed by atoms with Gasteiger partial charge in [-0.3, -0.25) is 9.59 Å². The lowest BCUT2D eigenvalue weighted by atomic mass is 9.90. The smallest absolute Gasteiger partial charge is 0.325 e. The molecule has 0 fully saturated rings. The Bertz CT molecular complexity index is 1370. The minimum atomic E-state index is -3.39. The lowest BCUT2D eigenvalue weighted by Crippen LogP contribution is -2.22. The van der Waals surface area contributed by atoms with Crippen molar-refractivity contribution in [3.05, 3.63) is 57.9 Å². The van der Waals surface area contributed by atoms with Crippen LogP contribution in [-0.4, -0.2) is 38.2 Å². The van der Waals surface area contributed by atoms with Crippen molar-refractivity contribution in [2.24, 2.45) is 4.99 Å². The summed E-state index contributed by atoms with van der Waals surface area (Å²) in [6.07, 6.45) is 5.39. The summed E-state index contributed by atoms with van der Waals surface area (Å²) in [5, 5.41) is 0. The number of carbonyl (C=O) groups excluding carboxylic acids is 2. The van der Waals surface area contributed by atoms with Crippen molar-refractivity contribution in [1.29, 1.82) is 0 Å². The van der Waals surface area contributed by atoms with E-state index in [-0.39, 0.29) is 11.4 Å². The lowest BCUT2D eigenvalue weighted by molar-refractivity contribution is -0.141. The van der Waals surface area contributed by atoms with E-state index < -0.39 is 21.7 Å². The molecule has 31 heavy (non-hydrogen) atoms. The van der Waals surface area contributed by atoms with E-state index in [2.05, 4.69) is 4.99 Å². The fraction of sp³-hybridized carbons (Fsp3) is 0.318. The van der Waals surface area contributed by atoms with E-state index in [0.717, 1.165) is 43.3 Å². The third kappa shape index (κ3) is 4.47. The largest absolute Gasteiger partial charge is 0.468 e. The number of rotatable bonds is 4. The summed E-state index contributed by atoms with van der Waals surface area (Å²) in [7, 11) is -2.11. The molecule has 0 saturated carbocycles. The van der Waals surface area contributed by atoms with E-state index in [1.807, 2.05) is 12.1 Å². The number of sulfone groups is 1. The second-order valence-corrected chi connectivity index (χ2v) is 10.6. The number of amides is 1. The predicted molar refractivity (Wildman–Crippen MR) is 118 cm³/mol. The lowest BCUT2D eigenvalue weighted by Gasteiger charge is -2.15. The van der Waals surface area contributed by atoms with E-state index in [9.17, 15) is 18.0 Å². The number of thiazole rings is 1. The topological polar surface area (TPSA) is 94.8 Å². The van der Waals surface area contributed by atoms with Crippen molar-refractivity contribution in [2.75, 3.05) is 13.4 Å². The van der Waals surface area contributed by atoms with Crippen LogP contribution in [0.1, 0.15) is 34.3 Å². The van der Waals surface area contributed by atoms with Gasteiger partial charge < -0.3 is 9.30 Å². The molecule has 162 valence electrons. The van der Waals surface area contributed by atoms with Crippen LogP contribution in [0.3, 0.4) is 0 Å². The van der Waals surface area contributed by atoms with E-state index in [1.165, 1.54) is 30.4 Å². The zero-order chi connectivity index (χ0) is 22.2. The Labute approximate surface area is 183 Å². The molecule has 3 aromatic rings. The maximum atomic E-state index is 12.9. The summed E-state index contributed by atoms with van der Waals surface area (Å²) in [4.78, 5) is 29.6. The van der Waals surface area contributed by atoms with Crippen LogP contribution in [0.5, 0.6) is 0 Å². The normalized spacial score (nSPS) is 14.5. The summed E-state index contributed by atoms with van der Waals surface area (Å²) in [5.41, 5.74) is 3.57. The molecule has 1 aliphatic carbocycles. The molecule has 4 rings (SSSR count). The number of aromatic nitrogens is 1. The van der Waals surface area contributed by atoms with Gasteiger partial charge in [-0.25, -0.2) is 8.42 Å². The summed E-state index contributed by atoms with van der Waals surface area (Å²) in [6.45, 7) is -0.134. The summed E-state index contributed by atoms with van der Waals surface area (Å²) >= 11 is 1.16. The molecular formula is C22H22N2O5S2. The average molecular weight is 459 g/mol. The Morgan fingerprint density at radius 2 is 1.84 bits per heavy atom. The average Bonchev–Trinajstić information content (AvgIpc) is 3.08. The number of esters is 1. The number of benzene rings is 2. The first kappa shape index (κ1) is 21.5. The molecule has 0 aliphatic heterocycles. The minimum absolute atomic E-state index is 0.134. The fourth-order valence-electron chi connectivity index (χ4n) is 3.73. The summed E-state index contributed by atoms with van der Waals surface area (Å²) < 4.78 is 30.8. The number of hydrogen-bond donors (Lipinski definition) is 0. The van der Waals surface area contributed by atoms with Gasteiger partial charge in [0.2, 0.25) is 0 Å². The van der Waals surface area contributed by atoms with Gasteiger partial charge in [0.15, 0.2) is 14.6 Å². The highest BCUT2D eigenvalue weighted by molar-refractivity contribution is 7.90. The van der Waals surface area contributed by atoms with Gasteiger partial charge >= 0.3 is 5.97 Å². The SMILES string of the molecule is COC(=O)Cn1c(=NC(=O)c2ccc3c(c2)CCCC3)sc2cc(S(C)(=O)=O)ccc21. The van der Waals surface area contributed by atoms with E-state index in [0.29, 0.717) is 20.6 Å². The number of methoxy groups -OCH3 is 1. The number of hydrogen-bond acceptors (Lipinski definition) is 6. The number of aryl methyl sites for hydroxylation is 2. The van der Waals surface area contributed by atoms with Gasteiger partial charge in [-0.1, -0.05) is 17.4 Å². The number of fused-ring (bicyclic) bond motifs is 2. The van der Waals surface area contributed by atoms with E-state index in [1.54, 1.807) is 16.7 Å². The Morgan fingerprint density at radius 1 is 1.10 bits per heavy atom. The standard InChI is InChI=1S/C22H22N2O5S2/c1-29-20(25)13-24-18-10-9-17(31(2,27)28)12-19(18)30-22(24)23-21(26)16-8-7-14-5-3-4-6-15(14)11-16/h7-12H,3-6,13H2,1-2H3. The van der Waals surface area contributed by atoms with Crippen LogP contribution in [-0.2, 0) is 38.8 Å². The van der Waals surface area contributed by atoms with Crippen molar-refractivity contribution >= 4 is 43.3 Å². The molecular weight excluding hydrogens is 436 g/mol. The summed E-state index contributed by atoms with van der Waals surface area (Å²) in [6, 6.07) is 10.3. The van der Waals surface area contributed by atoms with Gasteiger partial charge in [0.25, 0.3) is 5.91 Å². The van der Waals surface area contributed by atoms with Crippen LogP contribution in [0.4, 0.5) is 0 Å². The highest BCUT2D eigenvalue weighted by Gasteiger charge is 2.16. The number of nitrogens with zero attached hydrogens (tertiary/aromatic N) is 2. The highest BCUT2D eigenvalue weighted by Crippen LogP contribution is 2.24. The second-order valence-electron chi connectivity index (χ2n) is 7.56. The Morgan fingerprint density at radius 3 is 2.55 bits per heavy atom. The molecule has 1 amide bonds. The molecule has 1 heterocycles. The van der Waals surface area contributed by atoms with E-state index >= 15 is 0 Å². The number of ether oxygens (including phenoxy) is 1. The first-order valence-corrected chi connectivity index (χ1v) is 12.6. The maximum absolute atomic E-state index is 12.9. The molecule has 0 atom stereocenters. The Kier molecular flexibility index (Phi) is 5.81. The van der Waals surface area contributed by atoms with Crippen molar-refractivity contribution < 1.29 is 22.7 Å². The maximum Gasteiger partial charge on any atom is 0.325 e. The molecule has 0 unspecified atom stereocenters. The zero-order valence-electron chi connectivity index (χ0n) is 17.3. The quantitative estimate of drug-likeness (QED) is 0.560. The predicted octanol–water partition coefficient (Wildman–Crippen LogP) is 2.90. The molecule has 1 aliphatic rings. The van der Waals surface area contributed by atoms with E-state index in [4.69, 9.17) is 4.74 Å². The van der Waals surface area contributed by atoms with Crippen molar-refractivity contribution in [3.8, 4) is 0 Å². The molecule has 9 heteroatoms. The van der Waals surface area contributed by atoms with Gasteiger partial charge in [0, 0.05) is 11.8 Å². The number of carbonyl (C=O) groups is 2. The van der Waals surface area contributed by atoms with Crippen LogP contribution < -0.4 is 4.80 Å². The molecule has 0 bridgehead atoms. The van der Waals surface area contributed by atoms with Gasteiger partial charge in [-0.05, 0) is 67.1 Å². The molecule has 0 spiro atoms. The minimum Gasteiger partial charge on any atom is -0.468 e. The molecule has 2 aromatic carbocycles. The van der Waals surface area contributed by atoms with Crippen molar-refractivity contribution in [3.63, 3.8) is 0 Å². The second kappa shape index (κ2) is 8.39. The summed E-state index contributed by atoms with van der Waals surface area (Å²) in [5.74, 6) is -0.892. The van der Waals surface area contributed by atoms with Crippen molar-refractivity contribution in [2.45, 2.75) is 37.1 Å². The molecule has 1 aromatic heterocycles. The molecule has 0 N–H and O–H groups in total. The van der Waals surface area contributed by atoms with Gasteiger partial charge in [-0.15, -0.1) is 0 Å². The highest BCUT2D eigenvalue weighted by atomic mass is 32.2. The zero-order valence-corrected chi connectivity index (χ0v) is 18.9. The third-order valence-corrected chi connectivity index (χ3v) is 7.54. The monoisotopic (exact) mass is 458 g/mol. The first-order valence-electron chi connectivity index (χ1n) is 9.87.